The minimum absolute atomic E-state index is 0.00729. The second-order valence-electron chi connectivity index (χ2n) is 9.28. The van der Waals surface area contributed by atoms with Crippen LogP contribution in [-0.4, -0.2) is 39.3 Å². The molecule has 0 spiro atoms. The Morgan fingerprint density at radius 3 is 1.66 bits per heavy atom. The highest BCUT2D eigenvalue weighted by Gasteiger charge is 2.13. The Kier molecular flexibility index (Phi) is 9.07. The molecule has 0 unspecified atom stereocenters. The lowest BCUT2D eigenvalue weighted by Gasteiger charge is -2.11. The molecular formula is C31H24Cl2F2N6O3. The first-order valence-corrected chi connectivity index (χ1v) is 13.7. The summed E-state index contributed by atoms with van der Waals surface area (Å²) < 4.78 is 38.3. The number of benzene rings is 4. The summed E-state index contributed by atoms with van der Waals surface area (Å²) in [6.07, 6.45) is 2.76. The van der Waals surface area contributed by atoms with E-state index in [2.05, 4.69) is 30.6 Å². The van der Waals surface area contributed by atoms with E-state index in [9.17, 15) is 13.9 Å². The summed E-state index contributed by atoms with van der Waals surface area (Å²) in [5, 5.41) is 17.1. The predicted octanol–water partition coefficient (Wildman–Crippen LogP) is 8.36. The normalized spacial score (nSPS) is 10.7. The molecule has 0 fully saturated rings. The second kappa shape index (κ2) is 13.1. The first kappa shape index (κ1) is 30.5. The zero-order valence-electron chi connectivity index (χ0n) is 23.5. The van der Waals surface area contributed by atoms with Gasteiger partial charge in [-0.25, -0.2) is 28.7 Å². The summed E-state index contributed by atoms with van der Waals surface area (Å²) >= 11 is 11.6. The maximum atomic E-state index is 14.0. The van der Waals surface area contributed by atoms with E-state index in [1.807, 2.05) is 19.1 Å². The fourth-order valence-electron chi connectivity index (χ4n) is 4.30. The van der Waals surface area contributed by atoms with E-state index in [1.165, 1.54) is 38.0 Å². The molecule has 0 saturated heterocycles. The number of ether oxygens (including phenoxy) is 2. The fraction of sp³-hybridized carbons (Fsp3) is 0.0968. The van der Waals surface area contributed by atoms with E-state index in [0.717, 1.165) is 16.7 Å². The molecule has 3 N–H and O–H groups in total. The number of halogens is 4. The highest BCUT2D eigenvalue weighted by molar-refractivity contribution is 6.31. The van der Waals surface area contributed by atoms with Crippen molar-refractivity contribution in [2.75, 3.05) is 24.9 Å². The summed E-state index contributed by atoms with van der Waals surface area (Å²) in [6, 6.07) is 16.1. The molecule has 0 aliphatic rings. The molecule has 2 heterocycles. The van der Waals surface area contributed by atoms with Crippen LogP contribution in [0.25, 0.3) is 21.8 Å². The average Bonchev–Trinajstić information content (AvgIpc) is 3.02. The zero-order valence-corrected chi connectivity index (χ0v) is 25.0. The lowest BCUT2D eigenvalue weighted by atomic mass is 10.1. The Hall–Kier alpha value is -5.00. The van der Waals surface area contributed by atoms with Crippen molar-refractivity contribution in [1.82, 2.24) is 19.9 Å². The predicted molar refractivity (Wildman–Crippen MR) is 168 cm³/mol. The summed E-state index contributed by atoms with van der Waals surface area (Å²) in [5.74, 6) is 0.757. The van der Waals surface area contributed by atoms with Gasteiger partial charge >= 0.3 is 0 Å². The van der Waals surface area contributed by atoms with Crippen LogP contribution < -0.4 is 20.1 Å². The smallest absolute Gasteiger partial charge is 0.165 e. The van der Waals surface area contributed by atoms with Gasteiger partial charge in [-0.3, -0.25) is 0 Å². The summed E-state index contributed by atoms with van der Waals surface area (Å²) in [7, 11) is 3.05. The number of aromatic nitrogens is 4. The van der Waals surface area contributed by atoms with E-state index in [4.69, 9.17) is 32.7 Å². The van der Waals surface area contributed by atoms with Gasteiger partial charge in [0.2, 0.25) is 0 Å². The van der Waals surface area contributed by atoms with Crippen LogP contribution in [0.4, 0.5) is 31.8 Å². The maximum absolute atomic E-state index is 14.0. The van der Waals surface area contributed by atoms with Crippen LogP contribution in [0.2, 0.25) is 10.0 Å². The van der Waals surface area contributed by atoms with Crippen molar-refractivity contribution in [1.29, 1.82) is 0 Å². The number of rotatable bonds is 6. The number of phenols is 1. The second-order valence-corrected chi connectivity index (χ2v) is 10.1. The van der Waals surface area contributed by atoms with E-state index in [1.54, 1.807) is 37.4 Å². The standard InChI is InChI=1S/C16H13ClFN3O.C15H11ClFN3O2/c1-9-6-10-13(7-14(9)22-2)19-8-20-16(10)21-12-5-3-4-11(17)15(12)18;1-22-13-6-11-8(5-12(13)21)15(19-7-18-11)20-10-4-2-3-9(16)14(10)17/h3-8H,1-2H3,(H,19,20,21);2-7,21H,1H3,(H,18,19,20). The summed E-state index contributed by atoms with van der Waals surface area (Å²) in [6.45, 7) is 1.93. The first-order valence-electron chi connectivity index (χ1n) is 12.9. The summed E-state index contributed by atoms with van der Waals surface area (Å²) in [5.41, 5.74) is 2.65. The first-order chi connectivity index (χ1) is 21.2. The number of fused-ring (bicyclic) bond motifs is 2. The lowest BCUT2D eigenvalue weighted by Crippen LogP contribution is -1.99. The summed E-state index contributed by atoms with van der Waals surface area (Å²) in [4.78, 5) is 16.6. The van der Waals surface area contributed by atoms with Gasteiger partial charge < -0.3 is 25.2 Å². The van der Waals surface area contributed by atoms with Crippen LogP contribution in [-0.2, 0) is 0 Å². The van der Waals surface area contributed by atoms with Crippen LogP contribution in [0.3, 0.4) is 0 Å². The number of anilines is 4. The van der Waals surface area contributed by atoms with Crippen LogP contribution in [0, 0.1) is 18.6 Å². The van der Waals surface area contributed by atoms with Crippen molar-refractivity contribution in [3.63, 3.8) is 0 Å². The number of aryl methyl sites for hydroxylation is 1. The highest BCUT2D eigenvalue weighted by Crippen LogP contribution is 2.35. The molecule has 0 amide bonds. The van der Waals surface area contributed by atoms with E-state index < -0.39 is 11.6 Å². The minimum atomic E-state index is -0.575. The van der Waals surface area contributed by atoms with Gasteiger partial charge in [0.25, 0.3) is 0 Å². The van der Waals surface area contributed by atoms with E-state index in [-0.39, 0.29) is 27.2 Å². The van der Waals surface area contributed by atoms with Gasteiger partial charge in [-0.2, -0.15) is 0 Å². The van der Waals surface area contributed by atoms with E-state index in [0.29, 0.717) is 33.8 Å². The largest absolute Gasteiger partial charge is 0.504 e. The number of nitrogens with one attached hydrogen (secondary N) is 2. The molecule has 0 bridgehead atoms. The highest BCUT2D eigenvalue weighted by atomic mass is 35.5. The third-order valence-corrected chi connectivity index (χ3v) is 7.08. The Morgan fingerprint density at radius 1 is 0.682 bits per heavy atom. The molecule has 2 aromatic heterocycles. The van der Waals surface area contributed by atoms with Crippen molar-refractivity contribution in [3.05, 3.63) is 101 Å². The number of methoxy groups -OCH3 is 2. The van der Waals surface area contributed by atoms with Crippen molar-refractivity contribution in [2.45, 2.75) is 6.92 Å². The van der Waals surface area contributed by atoms with Gasteiger partial charge in [0, 0.05) is 22.9 Å². The molecule has 9 nitrogen and oxygen atoms in total. The Labute approximate surface area is 260 Å². The topological polar surface area (TPSA) is 114 Å². The molecule has 224 valence electrons. The number of aromatic hydroxyl groups is 1. The Morgan fingerprint density at radius 2 is 1.16 bits per heavy atom. The van der Waals surface area contributed by atoms with Crippen LogP contribution in [0.1, 0.15) is 5.56 Å². The molecule has 6 aromatic rings. The van der Waals surface area contributed by atoms with Gasteiger partial charge in [-0.15, -0.1) is 0 Å². The Balaban J connectivity index is 0.000000175. The Bertz CT molecular complexity index is 1850. The molecule has 44 heavy (non-hydrogen) atoms. The van der Waals surface area contributed by atoms with Crippen molar-refractivity contribution >= 4 is 68.0 Å². The molecule has 0 radical (unpaired) electrons. The lowest BCUT2D eigenvalue weighted by molar-refractivity contribution is 0.374. The molecule has 13 heteroatoms. The monoisotopic (exact) mass is 636 g/mol. The molecule has 0 aliphatic carbocycles. The van der Waals surface area contributed by atoms with Crippen LogP contribution in [0.5, 0.6) is 17.2 Å². The number of hydrogen-bond donors (Lipinski definition) is 3. The molecule has 0 aliphatic heterocycles. The van der Waals surface area contributed by atoms with Gasteiger partial charge in [0.1, 0.15) is 30.0 Å². The number of nitrogens with zero attached hydrogens (tertiary/aromatic N) is 4. The van der Waals surface area contributed by atoms with Crippen molar-refractivity contribution in [2.24, 2.45) is 0 Å². The third kappa shape index (κ3) is 6.34. The number of phenolic OH excluding ortho intramolecular Hbond substituents is 1. The van der Waals surface area contributed by atoms with Gasteiger partial charge in [0.05, 0.1) is 46.7 Å². The van der Waals surface area contributed by atoms with Crippen molar-refractivity contribution < 1.29 is 23.4 Å². The average molecular weight is 637 g/mol. The van der Waals surface area contributed by atoms with Crippen LogP contribution in [0.15, 0.2) is 73.3 Å². The molecular weight excluding hydrogens is 613 g/mol. The van der Waals surface area contributed by atoms with Crippen LogP contribution >= 0.6 is 23.2 Å². The number of hydrogen-bond acceptors (Lipinski definition) is 9. The molecule has 0 saturated carbocycles. The van der Waals surface area contributed by atoms with Gasteiger partial charge in [-0.1, -0.05) is 35.3 Å². The minimum Gasteiger partial charge on any atom is -0.504 e. The SMILES string of the molecule is COc1cc2ncnc(Nc3cccc(Cl)c3F)c2cc1C.COc1cc2ncnc(Nc3cccc(Cl)c3F)c2cc1O. The van der Waals surface area contributed by atoms with Gasteiger partial charge in [0.15, 0.2) is 23.1 Å². The fourth-order valence-corrected chi connectivity index (χ4v) is 4.65. The molecule has 4 aromatic carbocycles. The quantitative estimate of drug-likeness (QED) is 0.166. The third-order valence-electron chi connectivity index (χ3n) is 6.50. The maximum Gasteiger partial charge on any atom is 0.165 e. The molecule has 6 rings (SSSR count). The van der Waals surface area contributed by atoms with Crippen molar-refractivity contribution in [3.8, 4) is 17.2 Å². The zero-order chi connectivity index (χ0) is 31.4. The van der Waals surface area contributed by atoms with Gasteiger partial charge in [-0.05, 0) is 48.9 Å². The van der Waals surface area contributed by atoms with E-state index >= 15 is 0 Å². The molecule has 0 atom stereocenters.